The van der Waals surface area contributed by atoms with Gasteiger partial charge in [0.05, 0.1) is 5.60 Å². The average molecular weight is 242 g/mol. The van der Waals surface area contributed by atoms with E-state index in [1.165, 1.54) is 19.3 Å². The number of hydrogen-bond donors (Lipinski definition) is 1. The summed E-state index contributed by atoms with van der Waals surface area (Å²) in [5.74, 6) is 0.323. The molecule has 1 atom stereocenters. The van der Waals surface area contributed by atoms with Gasteiger partial charge in [-0.1, -0.05) is 46.0 Å². The molecule has 0 aromatic carbocycles. The third kappa shape index (κ3) is 4.97. The largest absolute Gasteiger partial charge is 0.368 e. The highest BCUT2D eigenvalue weighted by Gasteiger charge is 2.32. The molecule has 2 nitrogen and oxygen atoms in total. The molecule has 17 heavy (non-hydrogen) atoms. The number of hydrogen-bond acceptors (Lipinski definition) is 2. The lowest BCUT2D eigenvalue weighted by atomic mass is 9.86. The predicted molar refractivity (Wildman–Crippen MR) is 71.9 cm³/mol. The van der Waals surface area contributed by atoms with Crippen molar-refractivity contribution in [1.29, 1.82) is 0 Å². The van der Waals surface area contributed by atoms with Gasteiger partial charge in [0.1, 0.15) is 0 Å². The Bertz CT molecular complexity index is 191. The fourth-order valence-electron chi connectivity index (χ4n) is 2.98. The van der Waals surface area contributed by atoms with Gasteiger partial charge < -0.3 is 9.84 Å². The van der Waals surface area contributed by atoms with E-state index in [0.29, 0.717) is 5.92 Å². The molecule has 1 N–H and O–H groups in total. The maximum absolute atomic E-state index is 10.3. The molecule has 0 aromatic heterocycles. The summed E-state index contributed by atoms with van der Waals surface area (Å²) in [5, 5.41) is 10.3. The summed E-state index contributed by atoms with van der Waals surface area (Å²) in [5.41, 5.74) is -0.0720. The van der Waals surface area contributed by atoms with Gasteiger partial charge in [0, 0.05) is 5.92 Å². The first-order valence-electron chi connectivity index (χ1n) is 7.47. The van der Waals surface area contributed by atoms with Crippen LogP contribution in [0.5, 0.6) is 0 Å². The van der Waals surface area contributed by atoms with Crippen LogP contribution in [0.1, 0.15) is 78.6 Å². The summed E-state index contributed by atoms with van der Waals surface area (Å²) >= 11 is 0. The second-order valence-electron chi connectivity index (χ2n) is 5.86. The smallest absolute Gasteiger partial charge is 0.158 e. The lowest BCUT2D eigenvalue weighted by molar-refractivity contribution is -0.214. The van der Waals surface area contributed by atoms with Crippen molar-refractivity contribution in [3.63, 3.8) is 0 Å². The molecule has 0 saturated heterocycles. The van der Waals surface area contributed by atoms with E-state index < -0.39 is 6.29 Å². The van der Waals surface area contributed by atoms with Crippen LogP contribution in [-0.2, 0) is 4.74 Å². The molecule has 1 fully saturated rings. The molecule has 1 aliphatic rings. The van der Waals surface area contributed by atoms with Crippen molar-refractivity contribution in [1.82, 2.24) is 0 Å². The zero-order chi connectivity index (χ0) is 12.7. The van der Waals surface area contributed by atoms with Crippen molar-refractivity contribution in [3.05, 3.63) is 0 Å². The van der Waals surface area contributed by atoms with Gasteiger partial charge in [0.2, 0.25) is 0 Å². The van der Waals surface area contributed by atoms with Gasteiger partial charge in [-0.15, -0.1) is 0 Å². The Hall–Kier alpha value is -0.0800. The number of rotatable bonds is 7. The van der Waals surface area contributed by atoms with Crippen molar-refractivity contribution in [2.24, 2.45) is 5.92 Å². The van der Waals surface area contributed by atoms with Crippen LogP contribution in [0.15, 0.2) is 0 Å². The van der Waals surface area contributed by atoms with Crippen LogP contribution < -0.4 is 0 Å². The highest BCUT2D eigenvalue weighted by molar-refractivity contribution is 4.80. The van der Waals surface area contributed by atoms with Crippen molar-refractivity contribution in [2.75, 3.05) is 0 Å². The third-order valence-electron chi connectivity index (χ3n) is 4.04. The minimum absolute atomic E-state index is 0.0720. The fraction of sp³-hybridized carbons (Fsp3) is 1.00. The molecule has 0 aromatic rings. The first-order chi connectivity index (χ1) is 8.11. The average Bonchev–Trinajstić information content (AvgIpc) is 2.29. The highest BCUT2D eigenvalue weighted by atomic mass is 16.6. The monoisotopic (exact) mass is 242 g/mol. The van der Waals surface area contributed by atoms with Crippen LogP contribution in [-0.4, -0.2) is 17.0 Å². The van der Waals surface area contributed by atoms with Gasteiger partial charge in [-0.25, -0.2) is 0 Å². The predicted octanol–water partition coefficient (Wildman–Crippen LogP) is 4.26. The van der Waals surface area contributed by atoms with Crippen molar-refractivity contribution < 1.29 is 9.84 Å². The molecular weight excluding hydrogens is 212 g/mol. The SMILES string of the molecule is CCCC(CCC)[C@@H](O)OC1(C)CCCCC1. The molecule has 2 heteroatoms. The maximum Gasteiger partial charge on any atom is 0.158 e. The maximum atomic E-state index is 10.3. The van der Waals surface area contributed by atoms with E-state index in [1.54, 1.807) is 0 Å². The summed E-state index contributed by atoms with van der Waals surface area (Å²) in [6.45, 7) is 6.53. The van der Waals surface area contributed by atoms with E-state index in [9.17, 15) is 5.11 Å². The number of ether oxygens (including phenoxy) is 1. The van der Waals surface area contributed by atoms with Crippen molar-refractivity contribution in [2.45, 2.75) is 90.4 Å². The van der Waals surface area contributed by atoms with Crippen LogP contribution in [0.25, 0.3) is 0 Å². The second kappa shape index (κ2) is 7.38. The standard InChI is InChI=1S/C15H30O2/c1-4-9-13(10-5-2)14(16)17-15(3)11-7-6-8-12-15/h13-14,16H,4-12H2,1-3H3/t14-/m0/s1. The van der Waals surface area contributed by atoms with Crippen LogP contribution in [0.2, 0.25) is 0 Å². The zero-order valence-electron chi connectivity index (χ0n) is 11.9. The van der Waals surface area contributed by atoms with Gasteiger partial charge in [0.25, 0.3) is 0 Å². The first-order valence-corrected chi connectivity index (χ1v) is 7.47. The van der Waals surface area contributed by atoms with Crippen LogP contribution in [0.3, 0.4) is 0 Å². The summed E-state index contributed by atoms with van der Waals surface area (Å²) in [4.78, 5) is 0. The molecular formula is C15H30O2. The second-order valence-corrected chi connectivity index (χ2v) is 5.86. The van der Waals surface area contributed by atoms with Crippen molar-refractivity contribution in [3.8, 4) is 0 Å². The molecule has 0 radical (unpaired) electrons. The summed E-state index contributed by atoms with van der Waals surface area (Å²) < 4.78 is 6.00. The Balaban J connectivity index is 2.46. The lowest BCUT2D eigenvalue weighted by Crippen LogP contribution is -2.38. The van der Waals surface area contributed by atoms with Gasteiger partial charge in [-0.3, -0.25) is 0 Å². The Morgan fingerprint density at radius 2 is 1.59 bits per heavy atom. The molecule has 0 unspecified atom stereocenters. The van der Waals surface area contributed by atoms with E-state index in [-0.39, 0.29) is 5.60 Å². The summed E-state index contributed by atoms with van der Waals surface area (Å²) in [7, 11) is 0. The molecule has 0 aliphatic heterocycles. The Kier molecular flexibility index (Phi) is 6.50. The van der Waals surface area contributed by atoms with Gasteiger partial charge in [0.15, 0.2) is 6.29 Å². The highest BCUT2D eigenvalue weighted by Crippen LogP contribution is 2.34. The quantitative estimate of drug-likeness (QED) is 0.676. The molecule has 1 aliphatic carbocycles. The summed E-state index contributed by atoms with van der Waals surface area (Å²) in [6, 6.07) is 0. The molecule has 0 heterocycles. The Labute approximate surface area is 107 Å². The zero-order valence-corrected chi connectivity index (χ0v) is 11.9. The van der Waals surface area contributed by atoms with Gasteiger partial charge >= 0.3 is 0 Å². The Morgan fingerprint density at radius 3 is 2.06 bits per heavy atom. The molecule has 0 spiro atoms. The van der Waals surface area contributed by atoms with Crippen molar-refractivity contribution >= 4 is 0 Å². The molecule has 0 amide bonds. The van der Waals surface area contributed by atoms with E-state index in [2.05, 4.69) is 20.8 Å². The minimum atomic E-state index is -0.557. The summed E-state index contributed by atoms with van der Waals surface area (Å²) in [6.07, 6.45) is 9.87. The number of aliphatic hydroxyl groups is 1. The van der Waals surface area contributed by atoms with E-state index in [4.69, 9.17) is 4.74 Å². The molecule has 0 bridgehead atoms. The fourth-order valence-corrected chi connectivity index (χ4v) is 2.98. The van der Waals surface area contributed by atoms with Crippen LogP contribution in [0.4, 0.5) is 0 Å². The lowest BCUT2D eigenvalue weighted by Gasteiger charge is -2.37. The third-order valence-corrected chi connectivity index (χ3v) is 4.04. The normalized spacial score (nSPS) is 21.7. The van der Waals surface area contributed by atoms with E-state index >= 15 is 0 Å². The van der Waals surface area contributed by atoms with E-state index in [1.807, 2.05) is 0 Å². The molecule has 102 valence electrons. The van der Waals surface area contributed by atoms with Gasteiger partial charge in [-0.05, 0) is 32.6 Å². The van der Waals surface area contributed by atoms with Crippen LogP contribution >= 0.6 is 0 Å². The molecule has 1 saturated carbocycles. The first kappa shape index (κ1) is 15.0. The van der Waals surface area contributed by atoms with Crippen LogP contribution in [0, 0.1) is 5.92 Å². The minimum Gasteiger partial charge on any atom is -0.368 e. The Morgan fingerprint density at radius 1 is 1.06 bits per heavy atom. The van der Waals surface area contributed by atoms with Gasteiger partial charge in [-0.2, -0.15) is 0 Å². The van der Waals surface area contributed by atoms with E-state index in [0.717, 1.165) is 38.5 Å². The number of aliphatic hydroxyl groups excluding tert-OH is 1. The molecule has 1 rings (SSSR count). The topological polar surface area (TPSA) is 29.5 Å².